The van der Waals surface area contributed by atoms with E-state index in [-0.39, 0.29) is 24.2 Å². The van der Waals surface area contributed by atoms with Gasteiger partial charge < -0.3 is 9.64 Å². The summed E-state index contributed by atoms with van der Waals surface area (Å²) in [6.07, 6.45) is 10.6. The number of fused-ring (bicyclic) bond motifs is 1. The second-order valence-corrected chi connectivity index (χ2v) is 8.99. The lowest BCUT2D eigenvalue weighted by molar-refractivity contribution is -0.147. The fourth-order valence-corrected chi connectivity index (χ4v) is 4.53. The molecule has 5 nitrogen and oxygen atoms in total. The molecule has 1 aliphatic heterocycles. The molecule has 1 aliphatic rings. The van der Waals surface area contributed by atoms with E-state index in [0.717, 1.165) is 55.2 Å². The molecule has 31 heavy (non-hydrogen) atoms. The van der Waals surface area contributed by atoms with Crippen LogP contribution in [0.25, 0.3) is 10.9 Å². The quantitative estimate of drug-likeness (QED) is 0.354. The van der Waals surface area contributed by atoms with Gasteiger partial charge in [0.05, 0.1) is 5.52 Å². The minimum Gasteiger partial charge on any atom is -0.444 e. The Bertz CT molecular complexity index is 897. The highest BCUT2D eigenvalue weighted by molar-refractivity contribution is 5.79. The minimum atomic E-state index is -0.214. The smallest absolute Gasteiger partial charge is 0.307 e. The van der Waals surface area contributed by atoms with Crippen LogP contribution in [-0.2, 0) is 16.3 Å². The van der Waals surface area contributed by atoms with E-state index < -0.39 is 0 Å². The fourth-order valence-electron chi connectivity index (χ4n) is 4.53. The molecule has 0 radical (unpaired) electrons. The maximum absolute atomic E-state index is 13.3. The molecule has 0 saturated carbocycles. The molecule has 0 atom stereocenters. The molecule has 0 unspecified atom stereocenters. The predicted molar refractivity (Wildman–Crippen MR) is 126 cm³/mol. The van der Waals surface area contributed by atoms with Crippen LogP contribution in [0.4, 0.5) is 0 Å². The lowest BCUT2D eigenvalue weighted by Gasteiger charge is -2.29. The van der Waals surface area contributed by atoms with E-state index in [1.807, 2.05) is 30.3 Å². The third-order valence-electron chi connectivity index (χ3n) is 6.53. The largest absolute Gasteiger partial charge is 0.444 e. The van der Waals surface area contributed by atoms with Crippen LogP contribution in [0.3, 0.4) is 0 Å². The number of ether oxygens (including phenoxy) is 1. The Morgan fingerprint density at radius 2 is 1.71 bits per heavy atom. The van der Waals surface area contributed by atoms with Crippen LogP contribution < -0.4 is 5.56 Å². The van der Waals surface area contributed by atoms with Crippen LogP contribution in [0.15, 0.2) is 35.1 Å². The fraction of sp³-hybridized carbons (Fsp3) is 0.615. The van der Waals surface area contributed by atoms with E-state index in [2.05, 4.69) is 18.9 Å². The standard InChI is InChI=1S/C26H38N2O3/c1-3-4-5-6-7-8-9-14-25(29)31-20-28-24-13-11-10-12-22(24)19-23(26(28)30)21-15-17-27(2)18-16-21/h10-13,19,21H,3-9,14-18,20H2,1-2H3. The molecule has 170 valence electrons. The third kappa shape index (κ3) is 6.67. The van der Waals surface area contributed by atoms with Gasteiger partial charge in [-0.1, -0.05) is 63.6 Å². The van der Waals surface area contributed by atoms with Crippen LogP contribution in [0.1, 0.15) is 82.6 Å². The molecule has 0 aliphatic carbocycles. The number of carbonyl (C=O) groups is 1. The summed E-state index contributed by atoms with van der Waals surface area (Å²) in [7, 11) is 2.12. The number of esters is 1. The number of pyridine rings is 1. The van der Waals surface area contributed by atoms with Gasteiger partial charge in [0.15, 0.2) is 6.73 Å². The van der Waals surface area contributed by atoms with E-state index in [1.54, 1.807) is 4.57 Å². The first-order valence-electron chi connectivity index (χ1n) is 12.1. The molecule has 1 fully saturated rings. The van der Waals surface area contributed by atoms with Gasteiger partial charge in [0.25, 0.3) is 5.56 Å². The van der Waals surface area contributed by atoms with Crippen molar-refractivity contribution in [3.63, 3.8) is 0 Å². The zero-order chi connectivity index (χ0) is 22.1. The van der Waals surface area contributed by atoms with Crippen LogP contribution in [0.2, 0.25) is 0 Å². The monoisotopic (exact) mass is 426 g/mol. The first-order valence-corrected chi connectivity index (χ1v) is 12.1. The highest BCUT2D eigenvalue weighted by Crippen LogP contribution is 2.27. The SMILES string of the molecule is CCCCCCCCCC(=O)OCn1c(=O)c(C2CCN(C)CC2)cc2ccccc21. The summed E-state index contributed by atoms with van der Waals surface area (Å²) < 4.78 is 7.18. The molecule has 1 aromatic heterocycles. The van der Waals surface area contributed by atoms with Crippen molar-refractivity contribution in [3.8, 4) is 0 Å². The maximum Gasteiger partial charge on any atom is 0.307 e. The molecule has 3 rings (SSSR count). The predicted octanol–water partition coefficient (Wildman–Crippen LogP) is 5.45. The molecular weight excluding hydrogens is 388 g/mol. The second kappa shape index (κ2) is 12.0. The number of piperidine rings is 1. The summed E-state index contributed by atoms with van der Waals surface area (Å²) in [6.45, 7) is 4.22. The summed E-state index contributed by atoms with van der Waals surface area (Å²) in [5.74, 6) is 0.0530. The lowest BCUT2D eigenvalue weighted by atomic mass is 9.89. The maximum atomic E-state index is 13.3. The van der Waals surface area contributed by atoms with Crippen molar-refractivity contribution >= 4 is 16.9 Å². The number of rotatable bonds is 11. The summed E-state index contributed by atoms with van der Waals surface area (Å²) in [5.41, 5.74) is 1.67. The highest BCUT2D eigenvalue weighted by atomic mass is 16.5. The number of carbonyl (C=O) groups excluding carboxylic acids is 1. The van der Waals surface area contributed by atoms with E-state index in [1.165, 1.54) is 32.1 Å². The van der Waals surface area contributed by atoms with Crippen LogP contribution in [-0.4, -0.2) is 35.6 Å². The number of hydrogen-bond acceptors (Lipinski definition) is 4. The van der Waals surface area contributed by atoms with Crippen molar-refractivity contribution in [2.45, 2.75) is 83.8 Å². The van der Waals surface area contributed by atoms with Crippen molar-refractivity contribution in [1.82, 2.24) is 9.47 Å². The Hall–Kier alpha value is -2.14. The molecule has 5 heteroatoms. The first-order chi connectivity index (χ1) is 15.1. The van der Waals surface area contributed by atoms with Gasteiger partial charge in [-0.05, 0) is 62.8 Å². The van der Waals surface area contributed by atoms with Crippen molar-refractivity contribution in [2.75, 3.05) is 20.1 Å². The molecule has 1 saturated heterocycles. The Morgan fingerprint density at radius 3 is 2.45 bits per heavy atom. The normalized spacial score (nSPS) is 15.4. The molecule has 2 aromatic rings. The number of aromatic nitrogens is 1. The average molecular weight is 427 g/mol. The lowest BCUT2D eigenvalue weighted by Crippen LogP contribution is -2.33. The van der Waals surface area contributed by atoms with Crippen molar-refractivity contribution in [2.24, 2.45) is 0 Å². The second-order valence-electron chi connectivity index (χ2n) is 8.99. The summed E-state index contributed by atoms with van der Waals surface area (Å²) in [5, 5.41) is 1.03. The van der Waals surface area contributed by atoms with E-state index in [0.29, 0.717) is 6.42 Å². The average Bonchev–Trinajstić information content (AvgIpc) is 2.78. The zero-order valence-corrected chi connectivity index (χ0v) is 19.3. The number of likely N-dealkylation sites (tertiary alicyclic amines) is 1. The topological polar surface area (TPSA) is 51.5 Å². The van der Waals surface area contributed by atoms with Crippen molar-refractivity contribution in [3.05, 3.63) is 46.2 Å². The van der Waals surface area contributed by atoms with Gasteiger partial charge in [-0.3, -0.25) is 14.2 Å². The molecule has 0 amide bonds. The van der Waals surface area contributed by atoms with Gasteiger partial charge in [-0.15, -0.1) is 0 Å². The Kier molecular flexibility index (Phi) is 9.13. The molecular formula is C26H38N2O3. The summed E-state index contributed by atoms with van der Waals surface area (Å²) in [6, 6.07) is 9.92. The minimum absolute atomic E-state index is 0.00482. The Morgan fingerprint density at radius 1 is 1.03 bits per heavy atom. The molecule has 0 N–H and O–H groups in total. The van der Waals surface area contributed by atoms with E-state index >= 15 is 0 Å². The van der Waals surface area contributed by atoms with Gasteiger partial charge >= 0.3 is 5.97 Å². The Balaban J connectivity index is 1.62. The molecule has 0 bridgehead atoms. The van der Waals surface area contributed by atoms with Crippen LogP contribution in [0.5, 0.6) is 0 Å². The van der Waals surface area contributed by atoms with Crippen LogP contribution in [0, 0.1) is 0 Å². The number of nitrogens with zero attached hydrogens (tertiary/aromatic N) is 2. The molecule has 2 heterocycles. The summed E-state index contributed by atoms with van der Waals surface area (Å²) in [4.78, 5) is 27.9. The number of benzene rings is 1. The first kappa shape index (κ1) is 23.5. The van der Waals surface area contributed by atoms with Gasteiger partial charge in [0.1, 0.15) is 0 Å². The van der Waals surface area contributed by atoms with Crippen LogP contribution >= 0.6 is 0 Å². The number of hydrogen-bond donors (Lipinski definition) is 0. The summed E-state index contributed by atoms with van der Waals surface area (Å²) >= 11 is 0. The van der Waals surface area contributed by atoms with Crippen molar-refractivity contribution in [1.29, 1.82) is 0 Å². The third-order valence-corrected chi connectivity index (χ3v) is 6.53. The Labute approximate surface area is 186 Å². The molecule has 1 aromatic carbocycles. The van der Waals surface area contributed by atoms with Gasteiger partial charge in [-0.25, -0.2) is 0 Å². The van der Waals surface area contributed by atoms with E-state index in [4.69, 9.17) is 4.74 Å². The molecule has 0 spiro atoms. The van der Waals surface area contributed by atoms with Gasteiger partial charge in [0.2, 0.25) is 0 Å². The zero-order valence-electron chi connectivity index (χ0n) is 19.3. The number of unbranched alkanes of at least 4 members (excludes halogenated alkanes) is 6. The highest BCUT2D eigenvalue weighted by Gasteiger charge is 2.23. The van der Waals surface area contributed by atoms with E-state index in [9.17, 15) is 9.59 Å². The van der Waals surface area contributed by atoms with Gasteiger partial charge in [-0.2, -0.15) is 0 Å². The van der Waals surface area contributed by atoms with Crippen molar-refractivity contribution < 1.29 is 9.53 Å². The number of para-hydroxylation sites is 1. The van der Waals surface area contributed by atoms with Gasteiger partial charge in [0, 0.05) is 12.0 Å².